The lowest BCUT2D eigenvalue weighted by Crippen LogP contribution is -2.36. The molecule has 2 aromatic carbocycles. The molecule has 0 aromatic heterocycles. The number of carbonyl (C=O) groups excluding carboxylic acids is 1. The minimum Gasteiger partial charge on any atom is -0.308 e. The summed E-state index contributed by atoms with van der Waals surface area (Å²) in [6, 6.07) is 12.3. The van der Waals surface area contributed by atoms with Gasteiger partial charge in [-0.3, -0.25) is 4.79 Å². The van der Waals surface area contributed by atoms with Gasteiger partial charge in [0.1, 0.15) is 4.90 Å². The summed E-state index contributed by atoms with van der Waals surface area (Å²) in [5.74, 6) is -0.202. The smallest absolute Gasteiger partial charge is 0.258 e. The molecule has 4 rings (SSSR count). The number of amides is 1. The van der Waals surface area contributed by atoms with E-state index in [1.807, 2.05) is 24.3 Å². The highest BCUT2D eigenvalue weighted by Gasteiger charge is 2.30. The average molecular weight is 405 g/mol. The Morgan fingerprint density at radius 2 is 1.70 bits per heavy atom. The highest BCUT2D eigenvalue weighted by atomic mass is 35.5. The summed E-state index contributed by atoms with van der Waals surface area (Å²) in [5, 5.41) is 0.152. The standard InChI is InChI=1S/C20H21ClN2O3S/c21-17-9-8-16(14-19(17)27(25,26)22-11-4-1-5-12-22)20(24)23-13-10-15-6-2-3-7-18(15)23/h2-3,6-9,14H,1,4-5,10-13H2. The quantitative estimate of drug-likeness (QED) is 0.783. The first-order chi connectivity index (χ1) is 13.0. The van der Waals surface area contributed by atoms with Crippen molar-refractivity contribution in [2.45, 2.75) is 30.6 Å². The number of hydrogen-bond donors (Lipinski definition) is 0. The molecule has 1 amide bonds. The molecule has 0 aliphatic carbocycles. The molecule has 142 valence electrons. The summed E-state index contributed by atoms with van der Waals surface area (Å²) in [4.78, 5) is 14.8. The molecule has 2 heterocycles. The Kier molecular flexibility index (Phi) is 4.97. The number of para-hydroxylation sites is 1. The number of carbonyl (C=O) groups is 1. The summed E-state index contributed by atoms with van der Waals surface area (Å²) < 4.78 is 27.5. The molecule has 2 aliphatic rings. The number of benzene rings is 2. The molecule has 0 N–H and O–H groups in total. The van der Waals surface area contributed by atoms with E-state index in [1.54, 1.807) is 11.0 Å². The zero-order valence-corrected chi connectivity index (χ0v) is 16.5. The fraction of sp³-hybridized carbons (Fsp3) is 0.350. The average Bonchev–Trinajstić information content (AvgIpc) is 3.12. The molecule has 0 bridgehead atoms. The number of rotatable bonds is 3. The van der Waals surface area contributed by atoms with Crippen molar-refractivity contribution in [3.63, 3.8) is 0 Å². The third-order valence-corrected chi connectivity index (χ3v) is 7.62. The van der Waals surface area contributed by atoms with Crippen LogP contribution in [0.25, 0.3) is 0 Å². The van der Waals surface area contributed by atoms with Gasteiger partial charge in [0.2, 0.25) is 10.0 Å². The van der Waals surface area contributed by atoms with Crippen molar-refractivity contribution in [1.82, 2.24) is 4.31 Å². The van der Waals surface area contributed by atoms with Crippen LogP contribution in [0.1, 0.15) is 35.2 Å². The van der Waals surface area contributed by atoms with Crippen LogP contribution in [0, 0.1) is 0 Å². The monoisotopic (exact) mass is 404 g/mol. The molecule has 1 saturated heterocycles. The first-order valence-electron chi connectivity index (χ1n) is 9.18. The van der Waals surface area contributed by atoms with Crippen LogP contribution < -0.4 is 4.90 Å². The Balaban J connectivity index is 1.68. The summed E-state index contributed by atoms with van der Waals surface area (Å²) in [7, 11) is -3.70. The lowest BCUT2D eigenvalue weighted by molar-refractivity contribution is 0.0989. The molecule has 5 nitrogen and oxygen atoms in total. The van der Waals surface area contributed by atoms with Crippen LogP contribution in [0.5, 0.6) is 0 Å². The Morgan fingerprint density at radius 1 is 0.963 bits per heavy atom. The van der Waals surface area contributed by atoms with E-state index in [9.17, 15) is 13.2 Å². The van der Waals surface area contributed by atoms with Gasteiger partial charge in [0.15, 0.2) is 0 Å². The SMILES string of the molecule is O=C(c1ccc(Cl)c(S(=O)(=O)N2CCCCC2)c1)N1CCc2ccccc21. The predicted octanol–water partition coefficient (Wildman–Crippen LogP) is 3.72. The highest BCUT2D eigenvalue weighted by molar-refractivity contribution is 7.89. The van der Waals surface area contributed by atoms with Crippen LogP contribution in [0.15, 0.2) is 47.4 Å². The van der Waals surface area contributed by atoms with Gasteiger partial charge in [-0.15, -0.1) is 0 Å². The van der Waals surface area contributed by atoms with Crippen molar-refractivity contribution < 1.29 is 13.2 Å². The largest absolute Gasteiger partial charge is 0.308 e. The number of piperidine rings is 1. The zero-order chi connectivity index (χ0) is 19.0. The van der Waals surface area contributed by atoms with Gasteiger partial charge >= 0.3 is 0 Å². The van der Waals surface area contributed by atoms with Crippen LogP contribution in [0.3, 0.4) is 0 Å². The molecule has 1 fully saturated rings. The lowest BCUT2D eigenvalue weighted by atomic mass is 10.1. The molecule has 7 heteroatoms. The first kappa shape index (κ1) is 18.5. The highest BCUT2D eigenvalue weighted by Crippen LogP contribution is 2.31. The van der Waals surface area contributed by atoms with Crippen molar-refractivity contribution in [3.05, 3.63) is 58.6 Å². The maximum atomic E-state index is 13.1. The summed E-state index contributed by atoms with van der Waals surface area (Å²) >= 11 is 6.21. The molecule has 0 atom stereocenters. The minimum atomic E-state index is -3.70. The molecule has 0 spiro atoms. The van der Waals surface area contributed by atoms with Crippen molar-refractivity contribution in [2.75, 3.05) is 24.5 Å². The maximum absolute atomic E-state index is 13.1. The number of hydrogen-bond acceptors (Lipinski definition) is 3. The molecule has 0 unspecified atom stereocenters. The molecule has 0 radical (unpaired) electrons. The topological polar surface area (TPSA) is 57.7 Å². The first-order valence-corrected chi connectivity index (χ1v) is 11.0. The van der Waals surface area contributed by atoms with Crippen molar-refractivity contribution in [2.24, 2.45) is 0 Å². The minimum absolute atomic E-state index is 0.0180. The van der Waals surface area contributed by atoms with E-state index in [-0.39, 0.29) is 15.8 Å². The van der Waals surface area contributed by atoms with Crippen LogP contribution in [0.2, 0.25) is 5.02 Å². The number of sulfonamides is 1. The van der Waals surface area contributed by atoms with Crippen LogP contribution in [0.4, 0.5) is 5.69 Å². The zero-order valence-electron chi connectivity index (χ0n) is 14.9. The van der Waals surface area contributed by atoms with Gasteiger partial charge in [-0.25, -0.2) is 8.42 Å². The molecule has 2 aromatic rings. The second kappa shape index (κ2) is 7.26. The molecular weight excluding hydrogens is 384 g/mol. The van der Waals surface area contributed by atoms with Crippen LogP contribution in [-0.4, -0.2) is 38.3 Å². The maximum Gasteiger partial charge on any atom is 0.258 e. The molecular formula is C20H21ClN2O3S. The lowest BCUT2D eigenvalue weighted by Gasteiger charge is -2.26. The fourth-order valence-corrected chi connectivity index (χ4v) is 5.80. The van der Waals surface area contributed by atoms with Crippen molar-refractivity contribution in [3.8, 4) is 0 Å². The van der Waals surface area contributed by atoms with Gasteiger partial charge in [-0.1, -0.05) is 36.2 Å². The van der Waals surface area contributed by atoms with E-state index in [2.05, 4.69) is 0 Å². The van der Waals surface area contributed by atoms with Gasteiger partial charge in [-0.05, 0) is 49.1 Å². The fourth-order valence-electron chi connectivity index (χ4n) is 3.78. The van der Waals surface area contributed by atoms with Crippen LogP contribution in [-0.2, 0) is 16.4 Å². The van der Waals surface area contributed by atoms with Crippen LogP contribution >= 0.6 is 11.6 Å². The normalized spacial score (nSPS) is 17.7. The third-order valence-electron chi connectivity index (χ3n) is 5.24. The van der Waals surface area contributed by atoms with E-state index in [1.165, 1.54) is 16.4 Å². The van der Waals surface area contributed by atoms with E-state index in [4.69, 9.17) is 11.6 Å². The van der Waals surface area contributed by atoms with Gasteiger partial charge in [0, 0.05) is 30.9 Å². The summed E-state index contributed by atoms with van der Waals surface area (Å²) in [6.45, 7) is 1.59. The second-order valence-corrected chi connectivity index (χ2v) is 9.26. The Hall–Kier alpha value is -1.89. The Bertz CT molecular complexity index is 984. The van der Waals surface area contributed by atoms with Gasteiger partial charge in [-0.2, -0.15) is 4.31 Å². The molecule has 27 heavy (non-hydrogen) atoms. The number of halogens is 1. The molecule has 0 saturated carbocycles. The second-order valence-electron chi connectivity index (χ2n) is 6.95. The molecule has 2 aliphatic heterocycles. The Morgan fingerprint density at radius 3 is 2.48 bits per heavy atom. The van der Waals surface area contributed by atoms with E-state index < -0.39 is 10.0 Å². The van der Waals surface area contributed by atoms with Gasteiger partial charge < -0.3 is 4.90 Å². The van der Waals surface area contributed by atoms with Crippen molar-refractivity contribution in [1.29, 1.82) is 0 Å². The van der Waals surface area contributed by atoms with E-state index in [0.29, 0.717) is 25.2 Å². The summed E-state index contributed by atoms with van der Waals surface area (Å²) in [5.41, 5.74) is 2.35. The summed E-state index contributed by atoms with van der Waals surface area (Å²) in [6.07, 6.45) is 3.53. The third kappa shape index (κ3) is 3.37. The predicted molar refractivity (Wildman–Crippen MR) is 106 cm³/mol. The van der Waals surface area contributed by atoms with Gasteiger partial charge in [0.05, 0.1) is 5.02 Å². The van der Waals surface area contributed by atoms with Gasteiger partial charge in [0.25, 0.3) is 5.91 Å². The number of fused-ring (bicyclic) bond motifs is 1. The number of anilines is 1. The van der Waals surface area contributed by atoms with Crippen molar-refractivity contribution >= 4 is 33.2 Å². The van der Waals surface area contributed by atoms with E-state index in [0.717, 1.165) is 36.9 Å². The van der Waals surface area contributed by atoms with E-state index >= 15 is 0 Å². The number of nitrogens with zero attached hydrogens (tertiary/aromatic N) is 2. The Labute approximate surface area is 164 Å².